The first-order valence-corrected chi connectivity index (χ1v) is 9.07. The Kier molecular flexibility index (Phi) is 10.5. The second kappa shape index (κ2) is 12.7. The summed E-state index contributed by atoms with van der Waals surface area (Å²) in [6.45, 7) is 7.41. The van der Waals surface area contributed by atoms with Crippen LogP contribution in [-0.2, 0) is 9.59 Å². The van der Waals surface area contributed by atoms with Crippen molar-refractivity contribution in [3.05, 3.63) is 30.6 Å². The van der Waals surface area contributed by atoms with Gasteiger partial charge < -0.3 is 24.7 Å². The van der Waals surface area contributed by atoms with Crippen molar-refractivity contribution in [2.24, 2.45) is 0 Å². The number of aliphatic carboxylic acids is 2. The molecule has 1 aliphatic heterocycles. The van der Waals surface area contributed by atoms with E-state index in [1.54, 1.807) is 0 Å². The zero-order valence-corrected chi connectivity index (χ0v) is 16.0. The quantitative estimate of drug-likeness (QED) is 0.548. The monoisotopic (exact) mass is 379 g/mol. The number of pyridine rings is 1. The molecule has 1 fully saturated rings. The summed E-state index contributed by atoms with van der Waals surface area (Å²) in [6.07, 6.45) is 8.33. The third kappa shape index (κ3) is 10.2. The van der Waals surface area contributed by atoms with Crippen LogP contribution in [0.2, 0.25) is 0 Å². The van der Waals surface area contributed by atoms with E-state index in [9.17, 15) is 9.59 Å². The first kappa shape index (κ1) is 22.4. The van der Waals surface area contributed by atoms with Gasteiger partial charge in [0.2, 0.25) is 0 Å². The van der Waals surface area contributed by atoms with Crippen LogP contribution in [0.15, 0.2) is 30.6 Å². The molecule has 0 aromatic carbocycles. The molecule has 1 aromatic heterocycles. The number of anilines is 1. The second-order valence-corrected chi connectivity index (χ2v) is 6.23. The largest absolute Gasteiger partial charge is 0.492 e. The molecule has 0 bridgehead atoms. The Morgan fingerprint density at radius 1 is 1.15 bits per heavy atom. The van der Waals surface area contributed by atoms with Crippen LogP contribution < -0.4 is 9.64 Å². The molecule has 150 valence electrons. The normalized spacial score (nSPS) is 15.0. The third-order valence-corrected chi connectivity index (χ3v) is 3.92. The van der Waals surface area contributed by atoms with Crippen LogP contribution in [0.4, 0.5) is 5.69 Å². The van der Waals surface area contributed by atoms with E-state index in [0.717, 1.165) is 44.8 Å². The maximum absolute atomic E-state index is 9.55. The Bertz CT molecular complexity index is 605. The number of unbranched alkanes of at least 4 members (excludes halogenated alkanes) is 1. The molecule has 2 heterocycles. The van der Waals surface area contributed by atoms with Crippen molar-refractivity contribution in [1.82, 2.24) is 9.88 Å². The number of carbonyl (C=O) groups is 2. The van der Waals surface area contributed by atoms with Gasteiger partial charge in [-0.15, -0.1) is 0 Å². The second-order valence-electron chi connectivity index (χ2n) is 6.23. The molecular weight excluding hydrogens is 350 g/mol. The Labute approximate surface area is 160 Å². The summed E-state index contributed by atoms with van der Waals surface area (Å²) in [7, 11) is 2.19. The SMILES string of the molecule is CCCCOc1cncc(N2CCCN(C)CC2)c1.O=C(O)/C=C/C(=O)O. The molecule has 0 saturated carbocycles. The molecule has 0 unspecified atom stereocenters. The Hall–Kier alpha value is -2.61. The number of hydrogen-bond donors (Lipinski definition) is 2. The number of rotatable bonds is 7. The minimum Gasteiger partial charge on any atom is -0.492 e. The average molecular weight is 379 g/mol. The summed E-state index contributed by atoms with van der Waals surface area (Å²) >= 11 is 0. The van der Waals surface area contributed by atoms with Crippen molar-refractivity contribution >= 4 is 17.6 Å². The van der Waals surface area contributed by atoms with Crippen molar-refractivity contribution in [2.45, 2.75) is 26.2 Å². The van der Waals surface area contributed by atoms with Gasteiger partial charge in [0.15, 0.2) is 0 Å². The predicted octanol–water partition coefficient (Wildman–Crippen LogP) is 2.11. The fourth-order valence-corrected chi connectivity index (χ4v) is 2.44. The molecule has 2 N–H and O–H groups in total. The molecule has 0 atom stereocenters. The average Bonchev–Trinajstić information content (AvgIpc) is 2.86. The van der Waals surface area contributed by atoms with Gasteiger partial charge in [0, 0.05) is 37.9 Å². The number of aromatic nitrogens is 1. The van der Waals surface area contributed by atoms with Crippen LogP contribution in [0.3, 0.4) is 0 Å². The molecule has 0 amide bonds. The fraction of sp³-hybridized carbons (Fsp3) is 0.526. The van der Waals surface area contributed by atoms with Gasteiger partial charge in [-0.3, -0.25) is 4.98 Å². The van der Waals surface area contributed by atoms with Gasteiger partial charge in [-0.25, -0.2) is 9.59 Å². The summed E-state index contributed by atoms with van der Waals surface area (Å²) in [6, 6.07) is 2.12. The zero-order valence-electron chi connectivity index (χ0n) is 16.0. The van der Waals surface area contributed by atoms with E-state index in [2.05, 4.69) is 34.8 Å². The number of nitrogens with zero attached hydrogens (tertiary/aromatic N) is 3. The topological polar surface area (TPSA) is 103 Å². The summed E-state index contributed by atoms with van der Waals surface area (Å²) in [5, 5.41) is 15.6. The molecule has 0 radical (unpaired) electrons. The maximum Gasteiger partial charge on any atom is 0.328 e. The first-order chi connectivity index (χ1) is 12.9. The predicted molar refractivity (Wildman–Crippen MR) is 103 cm³/mol. The summed E-state index contributed by atoms with van der Waals surface area (Å²) in [5.74, 6) is -1.62. The molecule has 27 heavy (non-hydrogen) atoms. The van der Waals surface area contributed by atoms with E-state index in [1.165, 1.54) is 18.7 Å². The lowest BCUT2D eigenvalue weighted by molar-refractivity contribution is -0.134. The van der Waals surface area contributed by atoms with Crippen molar-refractivity contribution in [3.63, 3.8) is 0 Å². The van der Waals surface area contributed by atoms with Gasteiger partial charge in [-0.2, -0.15) is 0 Å². The summed E-state index contributed by atoms with van der Waals surface area (Å²) in [5.41, 5.74) is 1.18. The Morgan fingerprint density at radius 3 is 2.48 bits per heavy atom. The highest BCUT2D eigenvalue weighted by molar-refractivity contribution is 5.89. The molecule has 1 saturated heterocycles. The Morgan fingerprint density at radius 2 is 1.85 bits per heavy atom. The van der Waals surface area contributed by atoms with Gasteiger partial charge >= 0.3 is 11.9 Å². The number of ether oxygens (including phenoxy) is 1. The lowest BCUT2D eigenvalue weighted by Gasteiger charge is -2.22. The van der Waals surface area contributed by atoms with E-state index >= 15 is 0 Å². The minimum atomic E-state index is -1.26. The highest BCUT2D eigenvalue weighted by Gasteiger charge is 2.13. The minimum absolute atomic E-state index is 0.558. The van der Waals surface area contributed by atoms with Gasteiger partial charge in [0.25, 0.3) is 0 Å². The number of carboxylic acid groups (broad SMARTS) is 2. The molecule has 1 aromatic rings. The highest BCUT2D eigenvalue weighted by Crippen LogP contribution is 2.21. The highest BCUT2D eigenvalue weighted by atomic mass is 16.5. The fourth-order valence-electron chi connectivity index (χ4n) is 2.44. The van der Waals surface area contributed by atoms with Gasteiger partial charge in [-0.1, -0.05) is 13.3 Å². The van der Waals surface area contributed by atoms with Crippen molar-refractivity contribution in [3.8, 4) is 5.75 Å². The van der Waals surface area contributed by atoms with Crippen LogP contribution in [0, 0.1) is 0 Å². The number of carboxylic acids is 2. The van der Waals surface area contributed by atoms with Gasteiger partial charge in [0.05, 0.1) is 24.7 Å². The summed E-state index contributed by atoms with van der Waals surface area (Å²) < 4.78 is 5.73. The number of likely N-dealkylation sites (N-methyl/N-ethyl adjacent to an activating group) is 1. The van der Waals surface area contributed by atoms with E-state index in [1.807, 2.05) is 12.4 Å². The molecule has 0 spiro atoms. The van der Waals surface area contributed by atoms with E-state index in [4.69, 9.17) is 14.9 Å². The first-order valence-electron chi connectivity index (χ1n) is 9.07. The van der Waals surface area contributed by atoms with Crippen LogP contribution in [0.1, 0.15) is 26.2 Å². The van der Waals surface area contributed by atoms with Crippen molar-refractivity contribution < 1.29 is 24.5 Å². The molecule has 0 aliphatic carbocycles. The lowest BCUT2D eigenvalue weighted by atomic mass is 10.3. The van der Waals surface area contributed by atoms with E-state index in [0.29, 0.717) is 12.2 Å². The summed E-state index contributed by atoms with van der Waals surface area (Å²) in [4.78, 5) is 28.2. The van der Waals surface area contributed by atoms with Crippen LogP contribution >= 0.6 is 0 Å². The number of hydrogen-bond acceptors (Lipinski definition) is 6. The van der Waals surface area contributed by atoms with Crippen molar-refractivity contribution in [2.75, 3.05) is 44.7 Å². The molecule has 8 nitrogen and oxygen atoms in total. The van der Waals surface area contributed by atoms with Crippen LogP contribution in [-0.4, -0.2) is 71.9 Å². The maximum atomic E-state index is 9.55. The smallest absolute Gasteiger partial charge is 0.328 e. The molecule has 2 rings (SSSR count). The zero-order chi connectivity index (χ0) is 20.1. The molecule has 8 heteroatoms. The van der Waals surface area contributed by atoms with E-state index < -0.39 is 11.9 Å². The van der Waals surface area contributed by atoms with Gasteiger partial charge in [-0.05, 0) is 26.4 Å². The Balaban J connectivity index is 0.000000387. The van der Waals surface area contributed by atoms with Crippen LogP contribution in [0.5, 0.6) is 5.75 Å². The van der Waals surface area contributed by atoms with Gasteiger partial charge in [0.1, 0.15) is 5.75 Å². The third-order valence-electron chi connectivity index (χ3n) is 3.92. The standard InChI is InChI=1S/C15H25N3O.C4H4O4/c1-3-4-10-19-15-11-14(12-16-13-15)18-7-5-6-17(2)8-9-18;5-3(6)1-2-4(7)8/h11-13H,3-10H2,1-2H3;1-2H,(H,5,6)(H,7,8)/b;2-1+. The van der Waals surface area contributed by atoms with Crippen LogP contribution in [0.25, 0.3) is 0 Å². The van der Waals surface area contributed by atoms with Crippen molar-refractivity contribution in [1.29, 1.82) is 0 Å². The molecule has 1 aliphatic rings. The van der Waals surface area contributed by atoms with E-state index in [-0.39, 0.29) is 0 Å². The molecular formula is C19H29N3O5. The lowest BCUT2D eigenvalue weighted by Crippen LogP contribution is -2.28.